The third-order valence-electron chi connectivity index (χ3n) is 7.01. The zero-order valence-corrected chi connectivity index (χ0v) is 15.1. The number of carbonyl (C=O) groups excluding carboxylic acids is 1. The summed E-state index contributed by atoms with van der Waals surface area (Å²) in [4.78, 5) is 18.0. The quantitative estimate of drug-likeness (QED) is 0.845. The van der Waals surface area contributed by atoms with E-state index in [1.165, 1.54) is 44.3 Å². The molecule has 4 aliphatic heterocycles. The van der Waals surface area contributed by atoms with Crippen LogP contribution in [0.1, 0.15) is 43.6 Å². The van der Waals surface area contributed by atoms with Crippen molar-refractivity contribution in [3.05, 3.63) is 29.8 Å². The van der Waals surface area contributed by atoms with Crippen molar-refractivity contribution in [3.63, 3.8) is 0 Å². The van der Waals surface area contributed by atoms with Crippen LogP contribution in [0.15, 0.2) is 24.3 Å². The Balaban J connectivity index is 1.50. The van der Waals surface area contributed by atoms with E-state index in [0.29, 0.717) is 35.7 Å². The van der Waals surface area contributed by atoms with Crippen molar-refractivity contribution in [1.29, 1.82) is 0 Å². The van der Waals surface area contributed by atoms with Gasteiger partial charge in [0.2, 0.25) is 5.91 Å². The van der Waals surface area contributed by atoms with Crippen LogP contribution in [-0.2, 0) is 4.79 Å². The minimum Gasteiger partial charge on any atom is -0.496 e. The summed E-state index contributed by atoms with van der Waals surface area (Å²) in [5.41, 5.74) is 1.29. The minimum atomic E-state index is 0.382. The second kappa shape index (κ2) is 6.01. The van der Waals surface area contributed by atoms with Gasteiger partial charge in [0, 0.05) is 30.5 Å². The number of amides is 1. The van der Waals surface area contributed by atoms with Gasteiger partial charge < -0.3 is 9.64 Å². The molecule has 0 spiro atoms. The van der Waals surface area contributed by atoms with E-state index in [9.17, 15) is 4.79 Å². The molecule has 134 valence electrons. The maximum atomic E-state index is 13.0. The van der Waals surface area contributed by atoms with Crippen LogP contribution < -0.4 is 4.74 Å². The molecule has 4 heteroatoms. The Morgan fingerprint density at radius 1 is 1.12 bits per heavy atom. The SMILES string of the molecule is COc1ccccc1[C@H]1CN(C(=O)CC2CC2)[C@@H]2C3CCN(CC3)[C@H]12. The van der Waals surface area contributed by atoms with Crippen molar-refractivity contribution in [1.82, 2.24) is 9.80 Å². The molecule has 5 aliphatic rings. The van der Waals surface area contributed by atoms with E-state index in [-0.39, 0.29) is 0 Å². The van der Waals surface area contributed by atoms with Gasteiger partial charge in [-0.15, -0.1) is 0 Å². The fourth-order valence-corrected chi connectivity index (χ4v) is 5.64. The van der Waals surface area contributed by atoms with Crippen LogP contribution in [0.5, 0.6) is 5.75 Å². The number of ether oxygens (including phenoxy) is 1. The average Bonchev–Trinajstić information content (AvgIpc) is 3.37. The first-order valence-electron chi connectivity index (χ1n) is 9.92. The Labute approximate surface area is 150 Å². The molecule has 4 heterocycles. The van der Waals surface area contributed by atoms with Gasteiger partial charge in [-0.1, -0.05) is 18.2 Å². The van der Waals surface area contributed by atoms with Crippen LogP contribution in [0, 0.1) is 11.8 Å². The second-order valence-corrected chi connectivity index (χ2v) is 8.40. The minimum absolute atomic E-state index is 0.382. The highest BCUT2D eigenvalue weighted by atomic mass is 16.5. The monoisotopic (exact) mass is 340 g/mol. The van der Waals surface area contributed by atoms with Crippen LogP contribution >= 0.6 is 0 Å². The number of nitrogens with zero attached hydrogens (tertiary/aromatic N) is 2. The fourth-order valence-electron chi connectivity index (χ4n) is 5.64. The molecule has 25 heavy (non-hydrogen) atoms. The summed E-state index contributed by atoms with van der Waals surface area (Å²) in [6.45, 7) is 3.26. The van der Waals surface area contributed by atoms with E-state index in [1.54, 1.807) is 7.11 Å². The molecule has 6 rings (SSSR count). The maximum Gasteiger partial charge on any atom is 0.223 e. The molecule has 1 saturated carbocycles. The lowest BCUT2D eigenvalue weighted by Crippen LogP contribution is -2.60. The Hall–Kier alpha value is -1.55. The van der Waals surface area contributed by atoms with Gasteiger partial charge in [-0.2, -0.15) is 0 Å². The Bertz CT molecular complexity index is 664. The normalized spacial score (nSPS) is 36.4. The Kier molecular flexibility index (Phi) is 3.77. The first-order chi connectivity index (χ1) is 12.3. The van der Waals surface area contributed by atoms with Crippen LogP contribution in [0.4, 0.5) is 0 Å². The van der Waals surface area contributed by atoms with Gasteiger partial charge in [0.15, 0.2) is 0 Å². The average molecular weight is 340 g/mol. The molecular formula is C21H28N2O2. The molecule has 0 aromatic heterocycles. The van der Waals surface area contributed by atoms with E-state index in [1.807, 2.05) is 6.07 Å². The summed E-state index contributed by atoms with van der Waals surface area (Å²) >= 11 is 0. The molecule has 0 radical (unpaired) electrons. The molecule has 3 atom stereocenters. The number of hydrogen-bond donors (Lipinski definition) is 0. The van der Waals surface area contributed by atoms with Gasteiger partial charge in [0.1, 0.15) is 5.75 Å². The van der Waals surface area contributed by atoms with Gasteiger partial charge in [0.05, 0.1) is 13.2 Å². The van der Waals surface area contributed by atoms with Crippen molar-refractivity contribution in [3.8, 4) is 5.75 Å². The van der Waals surface area contributed by atoms with Crippen LogP contribution in [-0.4, -0.2) is 54.5 Å². The van der Waals surface area contributed by atoms with E-state index in [0.717, 1.165) is 18.7 Å². The number of hydrogen-bond acceptors (Lipinski definition) is 3. The van der Waals surface area contributed by atoms with Crippen LogP contribution in [0.2, 0.25) is 0 Å². The maximum absolute atomic E-state index is 13.0. The van der Waals surface area contributed by atoms with Gasteiger partial charge in [-0.25, -0.2) is 0 Å². The lowest BCUT2D eigenvalue weighted by atomic mass is 9.75. The largest absolute Gasteiger partial charge is 0.496 e. The van der Waals surface area contributed by atoms with Gasteiger partial charge in [0.25, 0.3) is 0 Å². The van der Waals surface area contributed by atoms with Crippen LogP contribution in [0.25, 0.3) is 0 Å². The van der Waals surface area contributed by atoms with E-state index >= 15 is 0 Å². The number of benzene rings is 1. The zero-order valence-electron chi connectivity index (χ0n) is 15.1. The van der Waals surface area contributed by atoms with Crippen molar-refractivity contribution in [2.24, 2.45) is 11.8 Å². The molecule has 1 aromatic carbocycles. The van der Waals surface area contributed by atoms with Gasteiger partial charge in [-0.3, -0.25) is 9.69 Å². The first-order valence-corrected chi connectivity index (χ1v) is 9.92. The van der Waals surface area contributed by atoms with Gasteiger partial charge in [-0.05, 0) is 56.7 Å². The summed E-state index contributed by atoms with van der Waals surface area (Å²) in [6, 6.07) is 9.32. The van der Waals surface area contributed by atoms with E-state index in [2.05, 4.69) is 28.0 Å². The molecule has 2 bridgehead atoms. The first kappa shape index (κ1) is 15.7. The Morgan fingerprint density at radius 2 is 1.88 bits per heavy atom. The molecule has 0 N–H and O–H groups in total. The van der Waals surface area contributed by atoms with E-state index < -0.39 is 0 Å². The Morgan fingerprint density at radius 3 is 2.60 bits per heavy atom. The molecule has 0 unspecified atom stereocenters. The predicted molar refractivity (Wildman–Crippen MR) is 96.7 cm³/mol. The topological polar surface area (TPSA) is 32.8 Å². The highest BCUT2D eigenvalue weighted by molar-refractivity contribution is 5.78. The highest BCUT2D eigenvalue weighted by Gasteiger charge is 2.55. The summed E-state index contributed by atoms with van der Waals surface area (Å²) in [7, 11) is 1.76. The third kappa shape index (κ3) is 2.57. The van der Waals surface area contributed by atoms with Crippen molar-refractivity contribution >= 4 is 5.91 Å². The predicted octanol–water partition coefficient (Wildman–Crippen LogP) is 2.88. The number of likely N-dealkylation sites (tertiary alicyclic amines) is 1. The van der Waals surface area contributed by atoms with Crippen LogP contribution in [0.3, 0.4) is 0 Å². The smallest absolute Gasteiger partial charge is 0.223 e. The van der Waals surface area contributed by atoms with E-state index in [4.69, 9.17) is 4.74 Å². The fraction of sp³-hybridized carbons (Fsp3) is 0.667. The highest BCUT2D eigenvalue weighted by Crippen LogP contribution is 2.48. The lowest BCUT2D eigenvalue weighted by molar-refractivity contribution is -0.136. The molecular weight excluding hydrogens is 312 g/mol. The summed E-state index contributed by atoms with van der Waals surface area (Å²) in [5, 5.41) is 0. The van der Waals surface area contributed by atoms with Gasteiger partial charge >= 0.3 is 0 Å². The number of rotatable bonds is 4. The lowest BCUT2D eigenvalue weighted by Gasteiger charge is -2.51. The number of para-hydroxylation sites is 1. The van der Waals surface area contributed by atoms with Crippen molar-refractivity contribution < 1.29 is 9.53 Å². The molecule has 1 aromatic rings. The number of carbonyl (C=O) groups is 1. The summed E-state index contributed by atoms with van der Waals surface area (Å²) in [6.07, 6.45) is 5.78. The third-order valence-corrected chi connectivity index (χ3v) is 7.01. The zero-order chi connectivity index (χ0) is 17.0. The number of fused-ring (bicyclic) bond motifs is 2. The molecule has 1 amide bonds. The summed E-state index contributed by atoms with van der Waals surface area (Å²) in [5.74, 6) is 3.12. The standard InChI is InChI=1S/C21H28N2O2/c1-25-18-5-3-2-4-16(18)17-13-23(19(24)12-14-6-7-14)20-15-8-10-22(11-9-15)21(17)20/h2-5,14-15,17,20-21H,6-13H2,1H3/t17-,20-,21-/m1/s1. The molecule has 1 aliphatic carbocycles. The second-order valence-electron chi connectivity index (χ2n) is 8.40. The number of methoxy groups -OCH3 is 1. The van der Waals surface area contributed by atoms with Crippen molar-refractivity contribution in [2.45, 2.75) is 50.1 Å². The summed E-state index contributed by atoms with van der Waals surface area (Å²) < 4.78 is 5.67. The molecule has 4 nitrogen and oxygen atoms in total. The van der Waals surface area contributed by atoms with Crippen molar-refractivity contribution in [2.75, 3.05) is 26.7 Å². The molecule has 5 fully saturated rings. The molecule has 4 saturated heterocycles. The number of piperidine rings is 3.